The predicted molar refractivity (Wildman–Crippen MR) is 76.5 cm³/mol. The molecule has 0 spiro atoms. The molecule has 1 aromatic carbocycles. The maximum absolute atomic E-state index is 12.1. The van der Waals surface area contributed by atoms with Gasteiger partial charge in [-0.25, -0.2) is 0 Å². The van der Waals surface area contributed by atoms with E-state index in [4.69, 9.17) is 0 Å². The molecule has 0 saturated carbocycles. The van der Waals surface area contributed by atoms with Gasteiger partial charge in [-0.2, -0.15) is 13.2 Å². The van der Waals surface area contributed by atoms with E-state index in [2.05, 4.69) is 10.3 Å². The van der Waals surface area contributed by atoms with Gasteiger partial charge in [0.15, 0.2) is 0 Å². The monoisotopic (exact) mass is 323 g/mol. The number of aromatic nitrogens is 1. The van der Waals surface area contributed by atoms with Crippen molar-refractivity contribution in [2.45, 2.75) is 12.7 Å². The molecule has 0 bridgehead atoms. The van der Waals surface area contributed by atoms with Crippen LogP contribution in [0.2, 0.25) is 0 Å². The Labute approximate surface area is 129 Å². The SMILES string of the molecule is O=C(NCc1ccc(NC(=O)C(F)(F)F)cc1)c1ccncc1. The molecule has 0 aliphatic carbocycles. The van der Waals surface area contributed by atoms with Crippen LogP contribution in [0.25, 0.3) is 0 Å². The highest BCUT2D eigenvalue weighted by atomic mass is 19.4. The zero-order chi connectivity index (χ0) is 16.9. The number of anilines is 1. The van der Waals surface area contributed by atoms with E-state index >= 15 is 0 Å². The Balaban J connectivity index is 1.90. The molecule has 8 heteroatoms. The number of pyridine rings is 1. The molecule has 2 rings (SSSR count). The lowest BCUT2D eigenvalue weighted by Crippen LogP contribution is -2.29. The van der Waals surface area contributed by atoms with Crippen molar-refractivity contribution in [3.05, 3.63) is 59.9 Å². The minimum atomic E-state index is -4.93. The summed E-state index contributed by atoms with van der Waals surface area (Å²) in [6.45, 7) is 0.203. The molecule has 2 N–H and O–H groups in total. The maximum atomic E-state index is 12.1. The maximum Gasteiger partial charge on any atom is 0.471 e. The Kier molecular flexibility index (Phi) is 4.95. The standard InChI is InChI=1S/C15H12F3N3O2/c16-15(17,18)14(23)21-12-3-1-10(2-4-12)9-20-13(22)11-5-7-19-8-6-11/h1-8H,9H2,(H,20,22)(H,21,23). The van der Waals surface area contributed by atoms with Crippen molar-refractivity contribution in [3.8, 4) is 0 Å². The van der Waals surface area contributed by atoms with Crippen molar-refractivity contribution in [2.24, 2.45) is 0 Å². The van der Waals surface area contributed by atoms with Crippen LogP contribution in [0, 0.1) is 0 Å². The van der Waals surface area contributed by atoms with E-state index in [1.165, 1.54) is 36.7 Å². The summed E-state index contributed by atoms with van der Waals surface area (Å²) >= 11 is 0. The summed E-state index contributed by atoms with van der Waals surface area (Å²) in [5.41, 5.74) is 1.16. The van der Waals surface area contributed by atoms with Crippen LogP contribution >= 0.6 is 0 Å². The van der Waals surface area contributed by atoms with Crippen LogP contribution < -0.4 is 10.6 Å². The van der Waals surface area contributed by atoms with Crippen LogP contribution in [0.1, 0.15) is 15.9 Å². The molecule has 2 amide bonds. The Morgan fingerprint density at radius 2 is 1.61 bits per heavy atom. The molecule has 0 fully saturated rings. The number of benzene rings is 1. The fourth-order valence-electron chi connectivity index (χ4n) is 1.70. The lowest BCUT2D eigenvalue weighted by molar-refractivity contribution is -0.167. The van der Waals surface area contributed by atoms with Gasteiger partial charge >= 0.3 is 12.1 Å². The van der Waals surface area contributed by atoms with E-state index in [0.29, 0.717) is 11.1 Å². The van der Waals surface area contributed by atoms with Crippen LogP contribution in [0.4, 0.5) is 18.9 Å². The number of nitrogens with one attached hydrogen (secondary N) is 2. The van der Waals surface area contributed by atoms with Crippen LogP contribution in [0.5, 0.6) is 0 Å². The Morgan fingerprint density at radius 1 is 1.00 bits per heavy atom. The Hall–Kier alpha value is -2.90. The highest BCUT2D eigenvalue weighted by Crippen LogP contribution is 2.18. The van der Waals surface area contributed by atoms with Crippen molar-refractivity contribution in [1.29, 1.82) is 0 Å². The highest BCUT2D eigenvalue weighted by molar-refractivity contribution is 5.95. The van der Waals surface area contributed by atoms with Crippen LogP contribution in [-0.4, -0.2) is 23.0 Å². The Bertz CT molecular complexity index is 685. The van der Waals surface area contributed by atoms with Crippen molar-refractivity contribution in [3.63, 3.8) is 0 Å². The first-order chi connectivity index (χ1) is 10.9. The van der Waals surface area contributed by atoms with Crippen molar-refractivity contribution < 1.29 is 22.8 Å². The number of amides is 2. The van der Waals surface area contributed by atoms with Crippen LogP contribution in [0.3, 0.4) is 0 Å². The molecular weight excluding hydrogens is 311 g/mol. The van der Waals surface area contributed by atoms with Gasteiger partial charge in [-0.3, -0.25) is 14.6 Å². The van der Waals surface area contributed by atoms with E-state index in [9.17, 15) is 22.8 Å². The number of carbonyl (C=O) groups is 2. The average Bonchev–Trinajstić information content (AvgIpc) is 2.54. The summed E-state index contributed by atoms with van der Waals surface area (Å²) in [5, 5.41) is 4.41. The minimum absolute atomic E-state index is 0.0246. The second kappa shape index (κ2) is 6.91. The highest BCUT2D eigenvalue weighted by Gasteiger charge is 2.38. The van der Waals surface area contributed by atoms with Gasteiger partial charge in [0, 0.05) is 30.2 Å². The van der Waals surface area contributed by atoms with Gasteiger partial charge in [0.2, 0.25) is 0 Å². The third kappa shape index (κ3) is 4.80. The van der Waals surface area contributed by atoms with E-state index in [1.54, 1.807) is 17.4 Å². The largest absolute Gasteiger partial charge is 0.471 e. The van der Waals surface area contributed by atoms with Gasteiger partial charge in [-0.15, -0.1) is 0 Å². The van der Waals surface area contributed by atoms with Crippen molar-refractivity contribution in [2.75, 3.05) is 5.32 Å². The molecule has 0 aliphatic heterocycles. The molecule has 0 aliphatic rings. The van der Waals surface area contributed by atoms with E-state index in [-0.39, 0.29) is 18.1 Å². The summed E-state index contributed by atoms with van der Waals surface area (Å²) in [6.07, 6.45) is -1.95. The summed E-state index contributed by atoms with van der Waals surface area (Å²) in [7, 11) is 0. The van der Waals surface area contributed by atoms with E-state index in [1.807, 2.05) is 0 Å². The third-order valence-electron chi connectivity index (χ3n) is 2.86. The van der Waals surface area contributed by atoms with Crippen molar-refractivity contribution >= 4 is 17.5 Å². The van der Waals surface area contributed by atoms with Gasteiger partial charge in [-0.05, 0) is 29.8 Å². The third-order valence-corrected chi connectivity index (χ3v) is 2.86. The second-order valence-corrected chi connectivity index (χ2v) is 4.57. The zero-order valence-corrected chi connectivity index (χ0v) is 11.7. The first kappa shape index (κ1) is 16.5. The molecular formula is C15H12F3N3O2. The quantitative estimate of drug-likeness (QED) is 0.908. The number of rotatable bonds is 4. The summed E-state index contributed by atoms with van der Waals surface area (Å²) < 4.78 is 36.4. The van der Waals surface area contributed by atoms with E-state index < -0.39 is 12.1 Å². The number of carbonyl (C=O) groups excluding carboxylic acids is 2. The molecule has 0 atom stereocenters. The minimum Gasteiger partial charge on any atom is -0.348 e. The number of halogens is 3. The average molecular weight is 323 g/mol. The fraction of sp³-hybridized carbons (Fsp3) is 0.133. The number of alkyl halides is 3. The molecule has 1 aromatic heterocycles. The molecule has 1 heterocycles. The topological polar surface area (TPSA) is 71.1 Å². The molecule has 0 saturated heterocycles. The van der Waals surface area contributed by atoms with Gasteiger partial charge in [0.05, 0.1) is 0 Å². The van der Waals surface area contributed by atoms with Gasteiger partial charge in [-0.1, -0.05) is 12.1 Å². The summed E-state index contributed by atoms with van der Waals surface area (Å²) in [4.78, 5) is 26.4. The van der Waals surface area contributed by atoms with Crippen LogP contribution in [-0.2, 0) is 11.3 Å². The zero-order valence-electron chi connectivity index (χ0n) is 11.7. The summed E-state index contributed by atoms with van der Waals surface area (Å²) in [6, 6.07) is 8.81. The van der Waals surface area contributed by atoms with Gasteiger partial charge < -0.3 is 10.6 Å². The van der Waals surface area contributed by atoms with Gasteiger partial charge in [0.1, 0.15) is 0 Å². The van der Waals surface area contributed by atoms with E-state index in [0.717, 1.165) is 0 Å². The smallest absolute Gasteiger partial charge is 0.348 e. The molecule has 2 aromatic rings. The number of hydrogen-bond donors (Lipinski definition) is 2. The molecule has 0 radical (unpaired) electrons. The Morgan fingerprint density at radius 3 is 2.17 bits per heavy atom. The lowest BCUT2D eigenvalue weighted by atomic mass is 10.2. The fourth-order valence-corrected chi connectivity index (χ4v) is 1.70. The second-order valence-electron chi connectivity index (χ2n) is 4.57. The first-order valence-electron chi connectivity index (χ1n) is 6.51. The first-order valence-corrected chi connectivity index (χ1v) is 6.51. The number of nitrogens with zero attached hydrogens (tertiary/aromatic N) is 1. The molecule has 23 heavy (non-hydrogen) atoms. The lowest BCUT2D eigenvalue weighted by Gasteiger charge is -2.09. The van der Waals surface area contributed by atoms with Crippen LogP contribution in [0.15, 0.2) is 48.8 Å². The molecule has 120 valence electrons. The normalized spacial score (nSPS) is 10.9. The van der Waals surface area contributed by atoms with Crippen molar-refractivity contribution in [1.82, 2.24) is 10.3 Å². The predicted octanol–water partition coefficient (Wildman–Crippen LogP) is 2.51. The number of hydrogen-bond acceptors (Lipinski definition) is 3. The van der Waals surface area contributed by atoms with Gasteiger partial charge in [0.25, 0.3) is 5.91 Å². The molecule has 0 unspecified atom stereocenters. The molecule has 5 nitrogen and oxygen atoms in total. The summed E-state index contributed by atoms with van der Waals surface area (Å²) in [5.74, 6) is -2.32.